The van der Waals surface area contributed by atoms with Gasteiger partial charge in [-0.15, -0.1) is 0 Å². The van der Waals surface area contributed by atoms with Gasteiger partial charge in [0.2, 0.25) is 0 Å². The third-order valence-corrected chi connectivity index (χ3v) is 3.80. The minimum atomic E-state index is 0.351. The molecule has 1 aromatic carbocycles. The lowest BCUT2D eigenvalue weighted by Gasteiger charge is -2.34. The van der Waals surface area contributed by atoms with Crippen LogP contribution < -0.4 is 10.1 Å². The molecule has 3 nitrogen and oxygen atoms in total. The fourth-order valence-electron chi connectivity index (χ4n) is 2.88. The van der Waals surface area contributed by atoms with Crippen molar-refractivity contribution in [2.45, 2.75) is 57.9 Å². The van der Waals surface area contributed by atoms with Crippen molar-refractivity contribution < 1.29 is 9.47 Å². The number of nitrogens with one attached hydrogen (secondary N) is 1. The highest BCUT2D eigenvalue weighted by atomic mass is 16.5. The molecule has 2 unspecified atom stereocenters. The molecule has 0 amide bonds. The lowest BCUT2D eigenvalue weighted by Crippen LogP contribution is -2.42. The van der Waals surface area contributed by atoms with Gasteiger partial charge >= 0.3 is 0 Å². The van der Waals surface area contributed by atoms with Crippen molar-refractivity contribution in [3.8, 4) is 5.75 Å². The van der Waals surface area contributed by atoms with Crippen LogP contribution in [0.1, 0.15) is 45.2 Å². The molecule has 1 heterocycles. The molecule has 1 aliphatic heterocycles. The summed E-state index contributed by atoms with van der Waals surface area (Å²) < 4.78 is 11.0. The molecule has 1 fully saturated rings. The van der Waals surface area contributed by atoms with Crippen molar-refractivity contribution in [1.82, 2.24) is 5.32 Å². The molecule has 0 bridgehead atoms. The molecule has 1 aromatic rings. The van der Waals surface area contributed by atoms with E-state index in [1.165, 1.54) is 5.56 Å². The van der Waals surface area contributed by atoms with Gasteiger partial charge in [-0.1, -0.05) is 12.1 Å². The first-order chi connectivity index (χ1) is 9.08. The Morgan fingerprint density at radius 3 is 2.26 bits per heavy atom. The summed E-state index contributed by atoms with van der Waals surface area (Å²) in [4.78, 5) is 0. The molecule has 1 saturated heterocycles. The van der Waals surface area contributed by atoms with E-state index >= 15 is 0 Å². The second kappa shape index (κ2) is 6.40. The molecule has 1 aliphatic rings. The summed E-state index contributed by atoms with van der Waals surface area (Å²) in [5.41, 5.74) is 1.30. The maximum atomic E-state index is 5.78. The van der Waals surface area contributed by atoms with Crippen LogP contribution in [0.5, 0.6) is 5.75 Å². The number of hydrogen-bond donors (Lipinski definition) is 1. The highest BCUT2D eigenvalue weighted by Gasteiger charge is 2.25. The van der Waals surface area contributed by atoms with Gasteiger partial charge in [-0.2, -0.15) is 0 Å². The molecule has 3 atom stereocenters. The van der Waals surface area contributed by atoms with Gasteiger partial charge < -0.3 is 14.8 Å². The zero-order valence-corrected chi connectivity index (χ0v) is 12.3. The normalized spacial score (nSPS) is 28.9. The van der Waals surface area contributed by atoms with E-state index in [4.69, 9.17) is 9.47 Å². The maximum absolute atomic E-state index is 5.78. The van der Waals surface area contributed by atoms with E-state index in [2.05, 4.69) is 38.2 Å². The molecule has 0 aliphatic carbocycles. The second-order valence-corrected chi connectivity index (χ2v) is 5.59. The molecule has 0 aromatic heterocycles. The number of methoxy groups -OCH3 is 1. The summed E-state index contributed by atoms with van der Waals surface area (Å²) in [7, 11) is 1.70. The van der Waals surface area contributed by atoms with Crippen LogP contribution in [0.4, 0.5) is 0 Å². The number of ether oxygens (including phenoxy) is 2. The van der Waals surface area contributed by atoms with E-state index in [-0.39, 0.29) is 0 Å². The predicted molar refractivity (Wildman–Crippen MR) is 77.6 cm³/mol. The summed E-state index contributed by atoms with van der Waals surface area (Å²) in [5, 5.41) is 3.71. The van der Waals surface area contributed by atoms with Crippen LogP contribution in [0, 0.1) is 0 Å². The third-order valence-electron chi connectivity index (χ3n) is 3.80. The average Bonchev–Trinajstić information content (AvgIpc) is 2.37. The zero-order valence-electron chi connectivity index (χ0n) is 12.3. The van der Waals surface area contributed by atoms with Gasteiger partial charge in [0.15, 0.2) is 0 Å². The third kappa shape index (κ3) is 3.95. The monoisotopic (exact) mass is 263 g/mol. The number of hydrogen-bond acceptors (Lipinski definition) is 3. The average molecular weight is 263 g/mol. The molecule has 2 rings (SSSR count). The van der Waals surface area contributed by atoms with Crippen LogP contribution in [0.15, 0.2) is 24.3 Å². The van der Waals surface area contributed by atoms with Crippen LogP contribution in [-0.2, 0) is 4.74 Å². The summed E-state index contributed by atoms with van der Waals surface area (Å²) >= 11 is 0. The van der Waals surface area contributed by atoms with Gasteiger partial charge in [-0.25, -0.2) is 0 Å². The van der Waals surface area contributed by atoms with Gasteiger partial charge in [-0.3, -0.25) is 0 Å². The molecular formula is C16H25NO2. The summed E-state index contributed by atoms with van der Waals surface area (Å²) in [6.07, 6.45) is 2.88. The van der Waals surface area contributed by atoms with Crippen molar-refractivity contribution in [2.24, 2.45) is 0 Å². The Kier molecular flexibility index (Phi) is 4.83. The quantitative estimate of drug-likeness (QED) is 0.904. The van der Waals surface area contributed by atoms with Gasteiger partial charge in [-0.05, 0) is 51.3 Å². The Balaban J connectivity index is 1.93. The summed E-state index contributed by atoms with van der Waals surface area (Å²) in [6, 6.07) is 9.18. The van der Waals surface area contributed by atoms with Crippen LogP contribution in [0.2, 0.25) is 0 Å². The Hall–Kier alpha value is -1.06. The van der Waals surface area contributed by atoms with Gasteiger partial charge in [0, 0.05) is 12.1 Å². The Morgan fingerprint density at radius 2 is 1.74 bits per heavy atom. The minimum Gasteiger partial charge on any atom is -0.497 e. The Bertz CT molecular complexity index is 380. The largest absolute Gasteiger partial charge is 0.497 e. The summed E-state index contributed by atoms with van der Waals surface area (Å²) in [6.45, 7) is 6.53. The summed E-state index contributed by atoms with van der Waals surface area (Å²) in [5.74, 6) is 0.907. The molecule has 3 heteroatoms. The van der Waals surface area contributed by atoms with E-state index in [9.17, 15) is 0 Å². The second-order valence-electron chi connectivity index (χ2n) is 5.59. The van der Waals surface area contributed by atoms with Crippen molar-refractivity contribution in [3.05, 3.63) is 29.8 Å². The van der Waals surface area contributed by atoms with Crippen LogP contribution >= 0.6 is 0 Å². The number of rotatable bonds is 4. The van der Waals surface area contributed by atoms with Crippen LogP contribution in [-0.4, -0.2) is 25.4 Å². The van der Waals surface area contributed by atoms with Crippen molar-refractivity contribution >= 4 is 0 Å². The van der Waals surface area contributed by atoms with Crippen LogP contribution in [0.3, 0.4) is 0 Å². The fourth-order valence-corrected chi connectivity index (χ4v) is 2.88. The smallest absolute Gasteiger partial charge is 0.118 e. The van der Waals surface area contributed by atoms with Crippen LogP contribution in [0.25, 0.3) is 0 Å². The van der Waals surface area contributed by atoms with Crippen molar-refractivity contribution in [2.75, 3.05) is 7.11 Å². The minimum absolute atomic E-state index is 0.351. The Labute approximate surface area is 116 Å². The van der Waals surface area contributed by atoms with Crippen molar-refractivity contribution in [1.29, 1.82) is 0 Å². The molecule has 0 saturated carbocycles. The van der Waals surface area contributed by atoms with E-state index in [0.717, 1.165) is 18.6 Å². The molecule has 0 radical (unpaired) electrons. The van der Waals surface area contributed by atoms with E-state index < -0.39 is 0 Å². The van der Waals surface area contributed by atoms with E-state index in [1.54, 1.807) is 7.11 Å². The topological polar surface area (TPSA) is 30.5 Å². The molecule has 106 valence electrons. The highest BCUT2D eigenvalue weighted by Crippen LogP contribution is 2.23. The zero-order chi connectivity index (χ0) is 13.8. The van der Waals surface area contributed by atoms with Gasteiger partial charge in [0.25, 0.3) is 0 Å². The standard InChI is InChI=1S/C16H25NO2/c1-11-9-15(10-12(2)19-11)17-13(3)14-5-7-16(18-4)8-6-14/h5-8,11-13,15,17H,9-10H2,1-4H3/t11?,12?,13-,15?/m1/s1. The van der Waals surface area contributed by atoms with Crippen molar-refractivity contribution in [3.63, 3.8) is 0 Å². The number of benzene rings is 1. The molecule has 0 spiro atoms. The van der Waals surface area contributed by atoms with E-state index in [1.807, 2.05) is 12.1 Å². The first-order valence-electron chi connectivity index (χ1n) is 7.14. The predicted octanol–water partition coefficient (Wildman–Crippen LogP) is 3.30. The van der Waals surface area contributed by atoms with Gasteiger partial charge in [0.1, 0.15) is 5.75 Å². The SMILES string of the molecule is COc1ccc([C@@H](C)NC2CC(C)OC(C)C2)cc1. The lowest BCUT2D eigenvalue weighted by atomic mass is 9.98. The van der Waals surface area contributed by atoms with E-state index in [0.29, 0.717) is 24.3 Å². The maximum Gasteiger partial charge on any atom is 0.118 e. The highest BCUT2D eigenvalue weighted by molar-refractivity contribution is 5.28. The lowest BCUT2D eigenvalue weighted by molar-refractivity contribution is -0.0433. The molecule has 19 heavy (non-hydrogen) atoms. The van der Waals surface area contributed by atoms with Gasteiger partial charge in [0.05, 0.1) is 19.3 Å². The molecular weight excluding hydrogens is 238 g/mol. The Morgan fingerprint density at radius 1 is 1.16 bits per heavy atom. The first-order valence-corrected chi connectivity index (χ1v) is 7.14. The first kappa shape index (κ1) is 14.4. The molecule has 1 N–H and O–H groups in total. The fraction of sp³-hybridized carbons (Fsp3) is 0.625.